The number of hydrogen-bond donors (Lipinski definition) is 0. The lowest BCUT2D eigenvalue weighted by Gasteiger charge is -2.43. The maximum absolute atomic E-state index is 13.7. The largest absolute Gasteiger partial charge is 0.478 e. The smallest absolute Gasteiger partial charge is 0.417 e. The summed E-state index contributed by atoms with van der Waals surface area (Å²) in [6.45, 7) is 11.0. The molecule has 1 aromatic heterocycles. The molecule has 1 aliphatic rings. The van der Waals surface area contributed by atoms with Gasteiger partial charge >= 0.3 is 12.3 Å². The van der Waals surface area contributed by atoms with E-state index in [4.69, 9.17) is 9.47 Å². The number of rotatable bonds is 2. The number of carbonyl (C=O) groups is 1. The number of carbonyl (C=O) groups excluding carboxylic acids is 1. The summed E-state index contributed by atoms with van der Waals surface area (Å²) in [5, 5.41) is -0.00597. The first kappa shape index (κ1) is 22.2. The Morgan fingerprint density at radius 2 is 1.87 bits per heavy atom. The van der Waals surface area contributed by atoms with Gasteiger partial charge in [-0.2, -0.15) is 13.2 Å². The maximum atomic E-state index is 13.7. The Labute approximate surface area is 174 Å². The Morgan fingerprint density at radius 1 is 1.20 bits per heavy atom. The van der Waals surface area contributed by atoms with Gasteiger partial charge in [0, 0.05) is 17.0 Å². The molecule has 0 N–H and O–H groups in total. The summed E-state index contributed by atoms with van der Waals surface area (Å²) >= 11 is 0. The molecule has 0 spiro atoms. The van der Waals surface area contributed by atoms with Crippen LogP contribution in [0.1, 0.15) is 59.1 Å². The fourth-order valence-corrected chi connectivity index (χ4v) is 3.68. The summed E-state index contributed by atoms with van der Waals surface area (Å²) < 4.78 is 52.0. The molecule has 30 heavy (non-hydrogen) atoms. The van der Waals surface area contributed by atoms with Crippen LogP contribution in [0.25, 0.3) is 10.9 Å². The molecule has 164 valence electrons. The Hall–Kier alpha value is -2.51. The van der Waals surface area contributed by atoms with E-state index >= 15 is 0 Å². The summed E-state index contributed by atoms with van der Waals surface area (Å²) in [5.41, 5.74) is -0.768. The lowest BCUT2D eigenvalue weighted by molar-refractivity contribution is -0.136. The molecule has 1 aliphatic heterocycles. The number of amides is 1. The summed E-state index contributed by atoms with van der Waals surface area (Å²) in [5.74, 6) is -0.101. The lowest BCUT2D eigenvalue weighted by atomic mass is 9.86. The van der Waals surface area contributed by atoms with E-state index in [2.05, 4.69) is 4.98 Å². The Balaban J connectivity index is 2.23. The second-order valence-electron chi connectivity index (χ2n) is 9.07. The zero-order chi connectivity index (χ0) is 22.5. The van der Waals surface area contributed by atoms with Crippen molar-refractivity contribution < 1.29 is 27.4 Å². The van der Waals surface area contributed by atoms with Crippen LogP contribution in [-0.4, -0.2) is 28.8 Å². The highest BCUT2D eigenvalue weighted by Crippen LogP contribution is 2.43. The van der Waals surface area contributed by atoms with Crippen molar-refractivity contribution in [1.29, 1.82) is 0 Å². The molecule has 0 saturated carbocycles. The first-order valence-electron chi connectivity index (χ1n) is 9.94. The van der Waals surface area contributed by atoms with E-state index in [-0.39, 0.29) is 23.4 Å². The third kappa shape index (κ3) is 4.32. The molecule has 8 heteroatoms. The Morgan fingerprint density at radius 3 is 2.43 bits per heavy atom. The van der Waals surface area contributed by atoms with Gasteiger partial charge in [0.25, 0.3) is 0 Å². The normalized spacial score (nSPS) is 16.4. The lowest BCUT2D eigenvalue weighted by Crippen LogP contribution is -2.52. The first-order valence-corrected chi connectivity index (χ1v) is 9.94. The molecule has 0 bridgehead atoms. The zero-order valence-corrected chi connectivity index (χ0v) is 18.1. The SMILES string of the molecule is CCOc1cc(C(F)(F)F)c2cc3c(cc2n1)N(C(=O)OC(C)(C)C)C(C)(C)CC3. The van der Waals surface area contributed by atoms with Crippen molar-refractivity contribution in [3.8, 4) is 5.88 Å². The molecular formula is C22H27F3N2O3. The molecule has 1 aromatic carbocycles. The van der Waals surface area contributed by atoms with Gasteiger partial charge in [0.1, 0.15) is 5.60 Å². The fourth-order valence-electron chi connectivity index (χ4n) is 3.68. The standard InChI is InChI=1S/C22H27F3N2O3/c1-7-29-18-11-15(22(23,24)25)14-10-13-8-9-21(5,6)27(17(13)12-16(14)26-18)19(28)30-20(2,3)4/h10-12H,7-9H2,1-6H3. The average molecular weight is 424 g/mol. The van der Waals surface area contributed by atoms with Crippen molar-refractivity contribution in [3.05, 3.63) is 29.3 Å². The molecule has 0 fully saturated rings. The van der Waals surface area contributed by atoms with Crippen LogP contribution in [0.5, 0.6) is 5.88 Å². The molecule has 0 saturated heterocycles. The number of fused-ring (bicyclic) bond motifs is 2. The van der Waals surface area contributed by atoms with Crippen LogP contribution >= 0.6 is 0 Å². The van der Waals surface area contributed by atoms with E-state index < -0.39 is 29.0 Å². The maximum Gasteiger partial charge on any atom is 0.417 e. The minimum Gasteiger partial charge on any atom is -0.478 e. The Bertz CT molecular complexity index is 978. The Kier molecular flexibility index (Phi) is 5.41. The summed E-state index contributed by atoms with van der Waals surface area (Å²) in [7, 11) is 0. The third-order valence-electron chi connectivity index (χ3n) is 5.01. The topological polar surface area (TPSA) is 51.7 Å². The van der Waals surface area contributed by atoms with Crippen molar-refractivity contribution in [2.45, 2.75) is 71.7 Å². The number of halogens is 3. The molecule has 2 aromatic rings. The predicted octanol–water partition coefficient (Wildman–Crippen LogP) is 6.12. The number of hydrogen-bond acceptors (Lipinski definition) is 4. The minimum atomic E-state index is -4.56. The number of benzene rings is 1. The first-order chi connectivity index (χ1) is 13.7. The number of ether oxygens (including phenoxy) is 2. The van der Waals surface area contributed by atoms with Gasteiger partial charge in [0.2, 0.25) is 5.88 Å². The quantitative estimate of drug-likeness (QED) is 0.583. The average Bonchev–Trinajstić information content (AvgIpc) is 2.56. The van der Waals surface area contributed by atoms with Gasteiger partial charge in [-0.25, -0.2) is 9.78 Å². The van der Waals surface area contributed by atoms with Gasteiger partial charge in [0.15, 0.2) is 0 Å². The van der Waals surface area contributed by atoms with Crippen molar-refractivity contribution in [2.75, 3.05) is 11.5 Å². The second kappa shape index (κ2) is 7.32. The zero-order valence-electron chi connectivity index (χ0n) is 18.1. The highest BCUT2D eigenvalue weighted by atomic mass is 19.4. The second-order valence-corrected chi connectivity index (χ2v) is 9.07. The van der Waals surface area contributed by atoms with E-state index in [1.807, 2.05) is 13.8 Å². The molecule has 0 atom stereocenters. The van der Waals surface area contributed by atoms with Gasteiger partial charge in [-0.1, -0.05) is 0 Å². The van der Waals surface area contributed by atoms with Gasteiger partial charge in [-0.15, -0.1) is 0 Å². The third-order valence-corrected chi connectivity index (χ3v) is 5.01. The highest BCUT2D eigenvalue weighted by Gasteiger charge is 2.41. The molecule has 1 amide bonds. The molecular weight excluding hydrogens is 397 g/mol. The van der Waals surface area contributed by atoms with E-state index in [0.29, 0.717) is 24.1 Å². The molecule has 0 radical (unpaired) electrons. The molecule has 3 rings (SSSR count). The number of pyridine rings is 1. The van der Waals surface area contributed by atoms with E-state index in [1.165, 1.54) is 17.0 Å². The number of anilines is 1. The van der Waals surface area contributed by atoms with Crippen LogP contribution in [-0.2, 0) is 17.3 Å². The summed E-state index contributed by atoms with van der Waals surface area (Å²) in [6, 6.07) is 3.95. The van der Waals surface area contributed by atoms with E-state index in [9.17, 15) is 18.0 Å². The van der Waals surface area contributed by atoms with Gasteiger partial charge in [-0.3, -0.25) is 4.90 Å². The van der Waals surface area contributed by atoms with Crippen molar-refractivity contribution in [1.82, 2.24) is 4.98 Å². The number of aryl methyl sites for hydroxylation is 1. The summed E-state index contributed by atoms with van der Waals surface area (Å²) in [4.78, 5) is 18.8. The van der Waals surface area contributed by atoms with E-state index in [1.54, 1.807) is 27.7 Å². The van der Waals surface area contributed by atoms with Crippen LogP contribution in [0.4, 0.5) is 23.7 Å². The molecule has 2 heterocycles. The van der Waals surface area contributed by atoms with Gasteiger partial charge in [-0.05, 0) is 72.1 Å². The predicted molar refractivity (Wildman–Crippen MR) is 109 cm³/mol. The van der Waals surface area contributed by atoms with Crippen molar-refractivity contribution in [3.63, 3.8) is 0 Å². The summed E-state index contributed by atoms with van der Waals surface area (Å²) in [6.07, 6.45) is -3.96. The van der Waals surface area contributed by atoms with Crippen LogP contribution in [0.3, 0.4) is 0 Å². The fraction of sp³-hybridized carbons (Fsp3) is 0.545. The van der Waals surface area contributed by atoms with Crippen molar-refractivity contribution in [2.24, 2.45) is 0 Å². The van der Waals surface area contributed by atoms with Crippen LogP contribution in [0.15, 0.2) is 18.2 Å². The van der Waals surface area contributed by atoms with Crippen LogP contribution < -0.4 is 9.64 Å². The van der Waals surface area contributed by atoms with Crippen LogP contribution in [0, 0.1) is 0 Å². The molecule has 0 unspecified atom stereocenters. The number of nitrogens with zero attached hydrogens (tertiary/aromatic N) is 2. The van der Waals surface area contributed by atoms with Crippen LogP contribution in [0.2, 0.25) is 0 Å². The van der Waals surface area contributed by atoms with E-state index in [0.717, 1.165) is 6.07 Å². The van der Waals surface area contributed by atoms with Gasteiger partial charge in [0.05, 0.1) is 23.4 Å². The molecule has 5 nitrogen and oxygen atoms in total. The minimum absolute atomic E-state index is 0.00597. The van der Waals surface area contributed by atoms with Gasteiger partial charge < -0.3 is 9.47 Å². The van der Waals surface area contributed by atoms with Crippen molar-refractivity contribution >= 4 is 22.7 Å². The highest BCUT2D eigenvalue weighted by molar-refractivity contribution is 5.96. The monoisotopic (exact) mass is 424 g/mol. The number of alkyl halides is 3. The molecule has 0 aliphatic carbocycles. The number of aromatic nitrogens is 1.